The molecule has 0 saturated carbocycles. The van der Waals surface area contributed by atoms with Gasteiger partial charge in [-0.2, -0.15) is 0 Å². The second kappa shape index (κ2) is 10.5. The number of benzene rings is 3. The zero-order valence-corrected chi connectivity index (χ0v) is 18.3. The van der Waals surface area contributed by atoms with Gasteiger partial charge in [0.05, 0.1) is 19.8 Å². The number of nitrogens with one attached hydrogen (secondary N) is 1. The maximum atomic E-state index is 12.9. The maximum absolute atomic E-state index is 12.9. The van der Waals surface area contributed by atoms with Gasteiger partial charge >= 0.3 is 0 Å². The molecule has 0 bridgehead atoms. The Hall–Kier alpha value is -3.51. The summed E-state index contributed by atoms with van der Waals surface area (Å²) in [7, 11) is 7.11. The van der Waals surface area contributed by atoms with Crippen LogP contribution in [-0.4, -0.2) is 52.3 Å². The van der Waals surface area contributed by atoms with Crippen LogP contribution >= 0.6 is 0 Å². The van der Waals surface area contributed by atoms with Gasteiger partial charge in [-0.05, 0) is 49.5 Å². The minimum absolute atomic E-state index is 0.263. The van der Waals surface area contributed by atoms with E-state index < -0.39 is 0 Å². The number of anilines is 1. The molecule has 162 valence electrons. The zero-order chi connectivity index (χ0) is 22.2. The molecular weight excluding hydrogens is 392 g/mol. The Morgan fingerprint density at radius 3 is 2.26 bits per heavy atom. The largest absolute Gasteiger partial charge is 0.496 e. The van der Waals surface area contributed by atoms with Crippen LogP contribution in [0.3, 0.4) is 0 Å². The molecule has 0 aliphatic heterocycles. The van der Waals surface area contributed by atoms with E-state index in [4.69, 9.17) is 14.2 Å². The van der Waals surface area contributed by atoms with Gasteiger partial charge in [0, 0.05) is 18.3 Å². The first kappa shape index (κ1) is 22.2. The van der Waals surface area contributed by atoms with Crippen LogP contribution in [0.1, 0.15) is 10.4 Å². The summed E-state index contributed by atoms with van der Waals surface area (Å²) in [5.74, 6) is 1.44. The number of amides is 1. The smallest absolute Gasteiger partial charge is 0.259 e. The number of ether oxygens (including phenoxy) is 3. The highest BCUT2D eigenvalue weighted by Gasteiger charge is 2.15. The third kappa shape index (κ3) is 5.77. The van der Waals surface area contributed by atoms with Gasteiger partial charge in [-0.1, -0.05) is 36.4 Å². The van der Waals surface area contributed by atoms with Crippen molar-refractivity contribution in [1.82, 2.24) is 4.90 Å². The van der Waals surface area contributed by atoms with Gasteiger partial charge in [-0.15, -0.1) is 0 Å². The van der Waals surface area contributed by atoms with E-state index >= 15 is 0 Å². The Balaban J connectivity index is 1.79. The van der Waals surface area contributed by atoms with Crippen LogP contribution in [0, 0.1) is 0 Å². The summed E-state index contributed by atoms with van der Waals surface area (Å²) < 4.78 is 16.7. The number of carbonyl (C=O) groups excluding carboxylic acids is 1. The van der Waals surface area contributed by atoms with Crippen molar-refractivity contribution in [3.8, 4) is 28.4 Å². The fourth-order valence-electron chi connectivity index (χ4n) is 3.09. The van der Waals surface area contributed by atoms with Crippen LogP contribution in [0.2, 0.25) is 0 Å². The summed E-state index contributed by atoms with van der Waals surface area (Å²) in [4.78, 5) is 15.0. The van der Waals surface area contributed by atoms with Crippen molar-refractivity contribution in [3.63, 3.8) is 0 Å². The van der Waals surface area contributed by atoms with Crippen LogP contribution in [0.25, 0.3) is 11.1 Å². The lowest BCUT2D eigenvalue weighted by atomic mass is 10.0. The van der Waals surface area contributed by atoms with Gasteiger partial charge < -0.3 is 24.4 Å². The van der Waals surface area contributed by atoms with E-state index in [-0.39, 0.29) is 5.91 Å². The molecule has 0 aromatic heterocycles. The van der Waals surface area contributed by atoms with E-state index in [0.717, 1.165) is 17.7 Å². The molecule has 3 aromatic carbocycles. The molecule has 0 saturated heterocycles. The van der Waals surface area contributed by atoms with Gasteiger partial charge in [-0.25, -0.2) is 0 Å². The molecule has 3 rings (SSSR count). The number of rotatable bonds is 9. The molecule has 1 amide bonds. The van der Waals surface area contributed by atoms with Crippen molar-refractivity contribution < 1.29 is 19.0 Å². The summed E-state index contributed by atoms with van der Waals surface area (Å²) in [6, 6.07) is 20.8. The number of methoxy groups -OCH3 is 2. The van der Waals surface area contributed by atoms with Crippen molar-refractivity contribution >= 4 is 11.6 Å². The molecule has 0 aliphatic carbocycles. The van der Waals surface area contributed by atoms with Crippen LogP contribution in [0.15, 0.2) is 66.7 Å². The number of hydrogen-bond donors (Lipinski definition) is 1. The molecule has 0 atom stereocenters. The summed E-state index contributed by atoms with van der Waals surface area (Å²) in [6.07, 6.45) is 0. The Morgan fingerprint density at radius 1 is 0.839 bits per heavy atom. The Kier molecular flexibility index (Phi) is 7.51. The summed E-state index contributed by atoms with van der Waals surface area (Å²) in [5.41, 5.74) is 3.10. The van der Waals surface area contributed by atoms with Crippen molar-refractivity contribution in [3.05, 3.63) is 72.3 Å². The molecular formula is C25H28N2O4. The lowest BCUT2D eigenvalue weighted by molar-refractivity contribution is 0.102. The molecule has 6 heteroatoms. The number of likely N-dealkylation sites (N-methyl/N-ethyl adjacent to an activating group) is 1. The second-order valence-corrected chi connectivity index (χ2v) is 7.25. The van der Waals surface area contributed by atoms with Crippen LogP contribution < -0.4 is 19.5 Å². The first-order valence-corrected chi connectivity index (χ1v) is 10.0. The number of nitrogens with zero attached hydrogens (tertiary/aromatic N) is 1. The van der Waals surface area contributed by atoms with Gasteiger partial charge in [-0.3, -0.25) is 4.79 Å². The van der Waals surface area contributed by atoms with Gasteiger partial charge in [0.25, 0.3) is 5.91 Å². The van der Waals surface area contributed by atoms with E-state index in [1.165, 1.54) is 0 Å². The highest BCUT2D eigenvalue weighted by molar-refractivity contribution is 6.06. The van der Waals surface area contributed by atoms with E-state index in [2.05, 4.69) is 5.32 Å². The molecule has 0 radical (unpaired) electrons. The average molecular weight is 421 g/mol. The lowest BCUT2D eigenvalue weighted by Crippen LogP contribution is -2.19. The fraction of sp³-hybridized carbons (Fsp3) is 0.240. The summed E-state index contributed by atoms with van der Waals surface area (Å²) >= 11 is 0. The quantitative estimate of drug-likeness (QED) is 0.550. The first-order valence-electron chi connectivity index (χ1n) is 10.0. The third-order valence-corrected chi connectivity index (χ3v) is 4.77. The van der Waals surface area contributed by atoms with Gasteiger partial charge in [0.1, 0.15) is 12.4 Å². The average Bonchev–Trinajstić information content (AvgIpc) is 2.79. The monoisotopic (exact) mass is 420 g/mol. The minimum Gasteiger partial charge on any atom is -0.496 e. The predicted octanol–water partition coefficient (Wildman–Crippen LogP) is 4.56. The number of carbonyl (C=O) groups is 1. The summed E-state index contributed by atoms with van der Waals surface area (Å²) in [5, 5.41) is 2.92. The van der Waals surface area contributed by atoms with E-state index in [1.54, 1.807) is 38.5 Å². The third-order valence-electron chi connectivity index (χ3n) is 4.77. The highest BCUT2D eigenvalue weighted by Crippen LogP contribution is 2.32. The zero-order valence-electron chi connectivity index (χ0n) is 18.3. The molecule has 0 heterocycles. The van der Waals surface area contributed by atoms with Crippen LogP contribution in [0.5, 0.6) is 17.2 Å². The van der Waals surface area contributed by atoms with Crippen molar-refractivity contribution in [2.45, 2.75) is 0 Å². The minimum atomic E-state index is -0.263. The number of hydrogen-bond acceptors (Lipinski definition) is 5. The Morgan fingerprint density at radius 2 is 1.58 bits per heavy atom. The molecule has 31 heavy (non-hydrogen) atoms. The highest BCUT2D eigenvalue weighted by atomic mass is 16.5. The van der Waals surface area contributed by atoms with Gasteiger partial charge in [0.15, 0.2) is 11.5 Å². The molecule has 1 N–H and O–H groups in total. The normalized spacial score (nSPS) is 10.6. The maximum Gasteiger partial charge on any atom is 0.259 e. The predicted molar refractivity (Wildman–Crippen MR) is 123 cm³/mol. The van der Waals surface area contributed by atoms with Gasteiger partial charge in [0.2, 0.25) is 0 Å². The lowest BCUT2D eigenvalue weighted by Gasteiger charge is -2.15. The topological polar surface area (TPSA) is 60.0 Å². The standard InChI is InChI=1S/C25H28N2O4/c1-27(2)14-15-31-24-17-20(11-13-22(24)29-3)26-25(28)21-12-10-19(16-23(21)30-4)18-8-6-5-7-9-18/h5-13,16-17H,14-15H2,1-4H3,(H,26,28). The second-order valence-electron chi connectivity index (χ2n) is 7.25. The molecule has 0 aliphatic rings. The molecule has 3 aromatic rings. The van der Waals surface area contributed by atoms with Crippen molar-refractivity contribution in [1.29, 1.82) is 0 Å². The van der Waals surface area contributed by atoms with E-state index in [9.17, 15) is 4.79 Å². The molecule has 0 fully saturated rings. The first-order chi connectivity index (χ1) is 15.0. The van der Waals surface area contributed by atoms with E-state index in [0.29, 0.717) is 35.1 Å². The van der Waals surface area contributed by atoms with Crippen molar-refractivity contribution in [2.24, 2.45) is 0 Å². The van der Waals surface area contributed by atoms with Crippen molar-refractivity contribution in [2.75, 3.05) is 46.8 Å². The van der Waals surface area contributed by atoms with Crippen LogP contribution in [0.4, 0.5) is 5.69 Å². The van der Waals surface area contributed by atoms with Crippen LogP contribution in [-0.2, 0) is 0 Å². The molecule has 0 spiro atoms. The SMILES string of the molecule is COc1ccc(NC(=O)c2ccc(-c3ccccc3)cc2OC)cc1OCCN(C)C. The molecule has 0 unspecified atom stereocenters. The Labute approximate surface area is 183 Å². The molecule has 6 nitrogen and oxygen atoms in total. The fourth-order valence-corrected chi connectivity index (χ4v) is 3.09. The van der Waals surface area contributed by atoms with E-state index in [1.807, 2.05) is 61.5 Å². The summed E-state index contributed by atoms with van der Waals surface area (Å²) in [6.45, 7) is 1.28. The Bertz CT molecular complexity index is 1020.